The number of carboxylic acid groups (broad SMARTS) is 1. The fourth-order valence-electron chi connectivity index (χ4n) is 2.51. The summed E-state index contributed by atoms with van der Waals surface area (Å²) in [5.74, 6) is -0.509. The molecule has 1 aromatic heterocycles. The van der Waals surface area contributed by atoms with Crippen LogP contribution in [0, 0.1) is 0 Å². The fourth-order valence-corrected chi connectivity index (χ4v) is 2.51. The number of ketones is 1. The van der Waals surface area contributed by atoms with Gasteiger partial charge in [0.2, 0.25) is 0 Å². The number of rotatable bonds is 3. The smallest absolute Gasteiger partial charge is 0.358 e. The SMILES string of the molecule is O=C(O)c1cc(CN2CCCC(=O)c3ccccc32)on1. The molecule has 0 saturated heterocycles. The number of hydrogen-bond donors (Lipinski definition) is 1. The highest BCUT2D eigenvalue weighted by molar-refractivity contribution is 6.01. The molecule has 3 rings (SSSR count). The van der Waals surface area contributed by atoms with Gasteiger partial charge in [-0.15, -0.1) is 0 Å². The number of hydrogen-bond acceptors (Lipinski definition) is 5. The van der Waals surface area contributed by atoms with E-state index in [2.05, 4.69) is 5.16 Å². The lowest BCUT2D eigenvalue weighted by molar-refractivity contribution is 0.0685. The lowest BCUT2D eigenvalue weighted by Crippen LogP contribution is -2.23. The van der Waals surface area contributed by atoms with E-state index in [0.29, 0.717) is 30.8 Å². The molecule has 21 heavy (non-hydrogen) atoms. The van der Waals surface area contributed by atoms with Gasteiger partial charge in [-0.1, -0.05) is 17.3 Å². The van der Waals surface area contributed by atoms with Gasteiger partial charge >= 0.3 is 5.97 Å². The number of aromatic nitrogens is 1. The molecule has 6 heteroatoms. The summed E-state index contributed by atoms with van der Waals surface area (Å²) in [6, 6.07) is 8.86. The van der Waals surface area contributed by atoms with Crippen LogP contribution in [0.4, 0.5) is 5.69 Å². The average Bonchev–Trinajstić information content (AvgIpc) is 2.89. The normalized spacial score (nSPS) is 14.7. The molecule has 0 fully saturated rings. The molecule has 1 aliphatic heterocycles. The van der Waals surface area contributed by atoms with E-state index in [1.165, 1.54) is 6.07 Å². The Hall–Kier alpha value is -2.63. The molecule has 1 N–H and O–H groups in total. The van der Waals surface area contributed by atoms with Crippen molar-refractivity contribution in [3.8, 4) is 0 Å². The third-order valence-electron chi connectivity index (χ3n) is 3.50. The van der Waals surface area contributed by atoms with Crippen molar-refractivity contribution in [2.45, 2.75) is 19.4 Å². The molecule has 0 saturated carbocycles. The van der Waals surface area contributed by atoms with Crippen LogP contribution in [0.3, 0.4) is 0 Å². The number of anilines is 1. The molecule has 0 amide bonds. The first-order chi connectivity index (χ1) is 10.1. The van der Waals surface area contributed by atoms with Crippen molar-refractivity contribution < 1.29 is 19.2 Å². The Kier molecular flexibility index (Phi) is 3.43. The predicted molar refractivity (Wildman–Crippen MR) is 74.5 cm³/mol. The standard InChI is InChI=1S/C15H14N2O4/c18-14-6-3-7-17(13-5-2-1-4-11(13)14)9-10-8-12(15(19)20)16-21-10/h1-2,4-5,8H,3,6-7,9H2,(H,19,20). The molecule has 1 aliphatic rings. The first kappa shape index (κ1) is 13.4. The summed E-state index contributed by atoms with van der Waals surface area (Å²) < 4.78 is 5.05. The second kappa shape index (κ2) is 5.40. The van der Waals surface area contributed by atoms with Crippen molar-refractivity contribution in [2.24, 2.45) is 0 Å². The maximum atomic E-state index is 12.1. The van der Waals surface area contributed by atoms with Crippen LogP contribution in [0.15, 0.2) is 34.9 Å². The maximum Gasteiger partial charge on any atom is 0.358 e. The van der Waals surface area contributed by atoms with Gasteiger partial charge in [0.25, 0.3) is 0 Å². The second-order valence-corrected chi connectivity index (χ2v) is 4.95. The number of para-hydroxylation sites is 1. The van der Waals surface area contributed by atoms with Crippen LogP contribution in [-0.2, 0) is 6.54 Å². The Morgan fingerprint density at radius 1 is 1.38 bits per heavy atom. The zero-order valence-electron chi connectivity index (χ0n) is 11.3. The molecule has 0 aliphatic carbocycles. The summed E-state index contributed by atoms with van der Waals surface area (Å²) in [5, 5.41) is 12.4. The highest BCUT2D eigenvalue weighted by Gasteiger charge is 2.22. The number of fused-ring (bicyclic) bond motifs is 1. The summed E-state index contributed by atoms with van der Waals surface area (Å²) in [6.45, 7) is 1.11. The predicted octanol–water partition coefficient (Wildman–Crippen LogP) is 2.36. The van der Waals surface area contributed by atoms with Crippen LogP contribution >= 0.6 is 0 Å². The van der Waals surface area contributed by atoms with Crippen LogP contribution in [0.25, 0.3) is 0 Å². The average molecular weight is 286 g/mol. The topological polar surface area (TPSA) is 83.6 Å². The van der Waals surface area contributed by atoms with E-state index in [1.54, 1.807) is 0 Å². The Morgan fingerprint density at radius 2 is 2.19 bits per heavy atom. The first-order valence-electron chi connectivity index (χ1n) is 6.71. The molecule has 0 unspecified atom stereocenters. The summed E-state index contributed by atoms with van der Waals surface area (Å²) in [4.78, 5) is 24.9. The van der Waals surface area contributed by atoms with E-state index >= 15 is 0 Å². The number of carboxylic acids is 1. The second-order valence-electron chi connectivity index (χ2n) is 4.95. The zero-order valence-corrected chi connectivity index (χ0v) is 11.3. The van der Waals surface area contributed by atoms with Gasteiger partial charge in [-0.2, -0.15) is 0 Å². The molecular weight excluding hydrogens is 272 g/mol. The van der Waals surface area contributed by atoms with E-state index in [-0.39, 0.29) is 11.5 Å². The molecule has 1 aromatic carbocycles. The lowest BCUT2D eigenvalue weighted by Gasteiger charge is -2.22. The molecule has 0 atom stereocenters. The Bertz CT molecular complexity index is 692. The number of carbonyl (C=O) groups excluding carboxylic acids is 1. The van der Waals surface area contributed by atoms with Gasteiger partial charge in [0, 0.05) is 30.3 Å². The van der Waals surface area contributed by atoms with Crippen LogP contribution < -0.4 is 4.90 Å². The first-order valence-corrected chi connectivity index (χ1v) is 6.71. The summed E-state index contributed by atoms with van der Waals surface area (Å²) in [7, 11) is 0. The van der Waals surface area contributed by atoms with Gasteiger partial charge in [-0.25, -0.2) is 4.79 Å². The summed E-state index contributed by atoms with van der Waals surface area (Å²) >= 11 is 0. The maximum absolute atomic E-state index is 12.1. The largest absolute Gasteiger partial charge is 0.476 e. The van der Waals surface area contributed by atoms with Gasteiger partial charge in [0.15, 0.2) is 17.2 Å². The van der Waals surface area contributed by atoms with Crippen LogP contribution in [0.5, 0.6) is 0 Å². The summed E-state index contributed by atoms with van der Waals surface area (Å²) in [5.41, 5.74) is 1.45. The molecular formula is C15H14N2O4. The number of aromatic carboxylic acids is 1. The van der Waals surface area contributed by atoms with Crippen molar-refractivity contribution >= 4 is 17.4 Å². The summed E-state index contributed by atoms with van der Waals surface area (Å²) in [6.07, 6.45) is 1.28. The van der Waals surface area contributed by atoms with Crippen LogP contribution in [0.1, 0.15) is 39.4 Å². The van der Waals surface area contributed by atoms with E-state index in [9.17, 15) is 9.59 Å². The van der Waals surface area contributed by atoms with E-state index in [4.69, 9.17) is 9.63 Å². The van der Waals surface area contributed by atoms with Crippen LogP contribution in [-0.4, -0.2) is 28.6 Å². The molecule has 2 heterocycles. The number of benzene rings is 1. The molecule has 108 valence electrons. The Labute approximate surface area is 121 Å². The molecule has 2 aromatic rings. The molecule has 0 radical (unpaired) electrons. The Balaban J connectivity index is 1.89. The van der Waals surface area contributed by atoms with Crippen molar-refractivity contribution in [1.29, 1.82) is 0 Å². The van der Waals surface area contributed by atoms with Crippen molar-refractivity contribution in [1.82, 2.24) is 5.16 Å². The van der Waals surface area contributed by atoms with Crippen molar-refractivity contribution in [3.05, 3.63) is 47.3 Å². The number of carbonyl (C=O) groups is 2. The Morgan fingerprint density at radius 3 is 2.95 bits per heavy atom. The number of Topliss-reactive ketones (excluding diaryl/α,β-unsaturated/α-hetero) is 1. The van der Waals surface area contributed by atoms with Gasteiger partial charge in [-0.3, -0.25) is 4.79 Å². The fraction of sp³-hybridized carbons (Fsp3) is 0.267. The van der Waals surface area contributed by atoms with Crippen molar-refractivity contribution in [3.63, 3.8) is 0 Å². The van der Waals surface area contributed by atoms with Crippen molar-refractivity contribution in [2.75, 3.05) is 11.4 Å². The molecule has 6 nitrogen and oxygen atoms in total. The minimum Gasteiger partial charge on any atom is -0.476 e. The van der Waals surface area contributed by atoms with E-state index in [1.807, 2.05) is 29.2 Å². The minimum atomic E-state index is -1.11. The quantitative estimate of drug-likeness (QED) is 0.932. The third-order valence-corrected chi connectivity index (χ3v) is 3.50. The lowest BCUT2D eigenvalue weighted by atomic mass is 10.1. The van der Waals surface area contributed by atoms with Crippen LogP contribution in [0.2, 0.25) is 0 Å². The zero-order chi connectivity index (χ0) is 14.8. The van der Waals surface area contributed by atoms with Gasteiger partial charge in [-0.05, 0) is 18.6 Å². The highest BCUT2D eigenvalue weighted by atomic mass is 16.5. The highest BCUT2D eigenvalue weighted by Crippen LogP contribution is 2.27. The molecule has 0 bridgehead atoms. The van der Waals surface area contributed by atoms with E-state index in [0.717, 1.165) is 12.1 Å². The molecule has 0 spiro atoms. The van der Waals surface area contributed by atoms with Gasteiger partial charge in [0.1, 0.15) is 0 Å². The van der Waals surface area contributed by atoms with Gasteiger partial charge < -0.3 is 14.5 Å². The minimum absolute atomic E-state index is 0.107. The van der Waals surface area contributed by atoms with Gasteiger partial charge in [0.05, 0.1) is 6.54 Å². The monoisotopic (exact) mass is 286 g/mol. The number of nitrogens with zero attached hydrogens (tertiary/aromatic N) is 2. The third kappa shape index (κ3) is 2.65. The van der Waals surface area contributed by atoms with E-state index < -0.39 is 5.97 Å².